The number of fused-ring (bicyclic) bond motifs is 1. The van der Waals surface area contributed by atoms with Crippen LogP contribution in [0.1, 0.15) is 5.69 Å². The molecule has 0 aliphatic heterocycles. The Balaban J connectivity index is 1.75. The summed E-state index contributed by atoms with van der Waals surface area (Å²) in [5.41, 5.74) is 2.90. The van der Waals surface area contributed by atoms with Gasteiger partial charge in [-0.25, -0.2) is 9.97 Å². The number of hydrogen-bond acceptors (Lipinski definition) is 7. The zero-order valence-corrected chi connectivity index (χ0v) is 15.6. The Morgan fingerprint density at radius 1 is 1.14 bits per heavy atom. The summed E-state index contributed by atoms with van der Waals surface area (Å²) in [5.74, 6) is 1.54. The fraction of sp³-hybridized carbons (Fsp3) is 0.211. The molecular formula is C19H19N5O4. The number of aromatic amines is 1. The number of nitrogens with one attached hydrogen (secondary N) is 1. The lowest BCUT2D eigenvalue weighted by Gasteiger charge is -2.08. The maximum atomic E-state index is 10.6. The highest BCUT2D eigenvalue weighted by molar-refractivity contribution is 5.87. The van der Waals surface area contributed by atoms with Gasteiger partial charge in [-0.15, -0.1) is 0 Å². The first-order chi connectivity index (χ1) is 13.6. The lowest BCUT2D eigenvalue weighted by molar-refractivity contribution is 0.181. The van der Waals surface area contributed by atoms with E-state index in [-0.39, 0.29) is 5.88 Å². The van der Waals surface area contributed by atoms with E-state index >= 15 is 0 Å². The second-order valence-corrected chi connectivity index (χ2v) is 6.07. The molecule has 0 unspecified atom stereocenters. The van der Waals surface area contributed by atoms with Crippen molar-refractivity contribution in [1.29, 1.82) is 0 Å². The molecule has 0 saturated carbocycles. The summed E-state index contributed by atoms with van der Waals surface area (Å²) in [6.45, 7) is 0.406. The van der Waals surface area contributed by atoms with Gasteiger partial charge in [0.15, 0.2) is 11.6 Å². The molecule has 4 rings (SSSR count). The minimum absolute atomic E-state index is 0.0648. The van der Waals surface area contributed by atoms with Crippen molar-refractivity contribution in [2.24, 2.45) is 0 Å². The predicted molar refractivity (Wildman–Crippen MR) is 102 cm³/mol. The zero-order chi connectivity index (χ0) is 19.7. The minimum atomic E-state index is 0.0648. The molecule has 0 saturated heterocycles. The van der Waals surface area contributed by atoms with Crippen molar-refractivity contribution < 1.29 is 19.3 Å². The third-order valence-electron chi connectivity index (χ3n) is 4.34. The maximum absolute atomic E-state index is 10.6. The molecule has 0 aromatic carbocycles. The van der Waals surface area contributed by atoms with E-state index in [9.17, 15) is 5.11 Å². The van der Waals surface area contributed by atoms with Gasteiger partial charge >= 0.3 is 0 Å². The summed E-state index contributed by atoms with van der Waals surface area (Å²) >= 11 is 0. The van der Waals surface area contributed by atoms with Crippen LogP contribution in [-0.2, 0) is 11.3 Å². The van der Waals surface area contributed by atoms with Crippen LogP contribution in [-0.4, -0.2) is 51.2 Å². The van der Waals surface area contributed by atoms with Crippen LogP contribution < -0.4 is 9.47 Å². The average Bonchev–Trinajstić information content (AvgIpc) is 3.31. The highest BCUT2D eigenvalue weighted by atomic mass is 16.5. The fourth-order valence-corrected chi connectivity index (χ4v) is 2.98. The van der Waals surface area contributed by atoms with E-state index in [4.69, 9.17) is 14.2 Å². The molecule has 4 heterocycles. The number of hydrogen-bond donors (Lipinski definition) is 2. The molecule has 4 aromatic rings. The largest absolute Gasteiger partial charge is 0.494 e. The molecule has 0 bridgehead atoms. The van der Waals surface area contributed by atoms with Gasteiger partial charge in [-0.05, 0) is 18.2 Å². The lowest BCUT2D eigenvalue weighted by Crippen LogP contribution is -1.94. The van der Waals surface area contributed by atoms with Gasteiger partial charge in [0.25, 0.3) is 5.88 Å². The number of methoxy groups -OCH3 is 3. The second-order valence-electron chi connectivity index (χ2n) is 6.07. The van der Waals surface area contributed by atoms with E-state index in [0.29, 0.717) is 40.7 Å². The summed E-state index contributed by atoms with van der Waals surface area (Å²) in [6.07, 6.45) is 3.40. The van der Waals surface area contributed by atoms with Crippen LogP contribution in [0.25, 0.3) is 28.0 Å². The van der Waals surface area contributed by atoms with Gasteiger partial charge in [0.1, 0.15) is 0 Å². The molecular weight excluding hydrogens is 362 g/mol. The van der Waals surface area contributed by atoms with Gasteiger partial charge in [0, 0.05) is 31.1 Å². The predicted octanol–water partition coefficient (Wildman–Crippen LogP) is 2.68. The van der Waals surface area contributed by atoms with Gasteiger partial charge in [-0.2, -0.15) is 5.10 Å². The average molecular weight is 381 g/mol. The number of aromatic nitrogens is 5. The Bertz CT molecular complexity index is 1130. The third kappa shape index (κ3) is 3.01. The fourth-order valence-electron chi connectivity index (χ4n) is 2.98. The first-order valence-electron chi connectivity index (χ1n) is 8.47. The van der Waals surface area contributed by atoms with Gasteiger partial charge in [-0.1, -0.05) is 0 Å². The molecule has 0 aliphatic rings. The zero-order valence-electron chi connectivity index (χ0n) is 15.6. The molecule has 0 amide bonds. The Morgan fingerprint density at radius 2 is 2.00 bits per heavy atom. The molecule has 2 N–H and O–H groups in total. The molecule has 0 atom stereocenters. The molecule has 0 fully saturated rings. The van der Waals surface area contributed by atoms with E-state index in [2.05, 4.69) is 20.2 Å². The van der Waals surface area contributed by atoms with Crippen LogP contribution in [0, 0.1) is 0 Å². The first-order valence-corrected chi connectivity index (χ1v) is 8.47. The topological polar surface area (TPSA) is 107 Å². The third-order valence-corrected chi connectivity index (χ3v) is 4.34. The van der Waals surface area contributed by atoms with Crippen molar-refractivity contribution in [3.63, 3.8) is 0 Å². The molecule has 9 heteroatoms. The van der Waals surface area contributed by atoms with E-state index in [1.165, 1.54) is 7.11 Å². The summed E-state index contributed by atoms with van der Waals surface area (Å²) < 4.78 is 17.1. The van der Waals surface area contributed by atoms with Crippen molar-refractivity contribution >= 4 is 10.9 Å². The number of nitrogens with zero attached hydrogens (tertiary/aromatic N) is 4. The quantitative estimate of drug-likeness (QED) is 0.529. The molecule has 4 aromatic heterocycles. The van der Waals surface area contributed by atoms with Crippen molar-refractivity contribution in [2.75, 3.05) is 21.3 Å². The van der Waals surface area contributed by atoms with Gasteiger partial charge in [0.2, 0.25) is 5.88 Å². The molecule has 28 heavy (non-hydrogen) atoms. The van der Waals surface area contributed by atoms with Crippen molar-refractivity contribution in [2.45, 2.75) is 6.61 Å². The van der Waals surface area contributed by atoms with Crippen LogP contribution in [0.15, 0.2) is 36.7 Å². The van der Waals surface area contributed by atoms with E-state index in [1.54, 1.807) is 37.2 Å². The summed E-state index contributed by atoms with van der Waals surface area (Å²) in [5, 5.41) is 18.3. The molecule has 144 valence electrons. The monoisotopic (exact) mass is 381 g/mol. The summed E-state index contributed by atoms with van der Waals surface area (Å²) in [4.78, 5) is 8.89. The van der Waals surface area contributed by atoms with Crippen LogP contribution in [0.3, 0.4) is 0 Å². The van der Waals surface area contributed by atoms with Gasteiger partial charge in [0.05, 0.1) is 43.1 Å². The molecule has 0 spiro atoms. The van der Waals surface area contributed by atoms with Crippen LogP contribution in [0.4, 0.5) is 0 Å². The number of ether oxygens (including phenoxy) is 3. The van der Waals surface area contributed by atoms with Crippen LogP contribution in [0.5, 0.6) is 17.5 Å². The van der Waals surface area contributed by atoms with Crippen molar-refractivity contribution in [1.82, 2.24) is 24.7 Å². The Morgan fingerprint density at radius 3 is 2.75 bits per heavy atom. The van der Waals surface area contributed by atoms with E-state index in [0.717, 1.165) is 11.3 Å². The number of aromatic hydroxyl groups is 1. The first kappa shape index (κ1) is 17.8. The summed E-state index contributed by atoms with van der Waals surface area (Å²) in [7, 11) is 4.70. The number of pyridine rings is 2. The minimum Gasteiger partial charge on any atom is -0.494 e. The maximum Gasteiger partial charge on any atom is 0.256 e. The number of rotatable bonds is 6. The summed E-state index contributed by atoms with van der Waals surface area (Å²) in [6, 6.07) is 7.24. The molecule has 0 aliphatic carbocycles. The van der Waals surface area contributed by atoms with Crippen LogP contribution >= 0.6 is 0 Å². The normalized spacial score (nSPS) is 11.1. The Hall–Kier alpha value is -3.59. The lowest BCUT2D eigenvalue weighted by atomic mass is 10.1. The Labute approximate surface area is 160 Å². The van der Waals surface area contributed by atoms with Crippen LogP contribution in [0.2, 0.25) is 0 Å². The standard InChI is InChI=1S/C19H19N5O4/c1-26-10-12-7-17(23-22-12)24-9-15-13(19(24)25)4-5-14(21-15)11-6-16(27-2)18(28-3)20-8-11/h4-9,25H,10H2,1-3H3,(H,22,23). The van der Waals surface area contributed by atoms with Gasteiger partial charge in [-0.3, -0.25) is 9.67 Å². The van der Waals surface area contributed by atoms with E-state index < -0.39 is 0 Å². The second kappa shape index (κ2) is 7.20. The Kier molecular flexibility index (Phi) is 4.58. The smallest absolute Gasteiger partial charge is 0.256 e. The molecule has 0 radical (unpaired) electrons. The highest BCUT2D eigenvalue weighted by Crippen LogP contribution is 2.33. The van der Waals surface area contributed by atoms with E-state index in [1.807, 2.05) is 18.2 Å². The molecule has 9 nitrogen and oxygen atoms in total. The SMILES string of the molecule is COCc1cc(-n2cc3nc(-c4cnc(OC)c(OC)c4)ccc3c2O)n[nH]1. The number of H-pyrrole nitrogens is 1. The van der Waals surface area contributed by atoms with Gasteiger partial charge < -0.3 is 19.3 Å². The van der Waals surface area contributed by atoms with Crippen molar-refractivity contribution in [3.8, 4) is 34.6 Å². The highest BCUT2D eigenvalue weighted by Gasteiger charge is 2.15. The van der Waals surface area contributed by atoms with Crippen molar-refractivity contribution in [3.05, 3.63) is 42.4 Å².